The molecule has 0 atom stereocenters. The molecule has 0 radical (unpaired) electrons. The van der Waals surface area contributed by atoms with E-state index >= 15 is 0 Å². The fraction of sp³-hybridized carbons (Fsp3) is 0.130. The number of carbonyl (C=O) groups excluding carboxylic acids is 1. The number of benzene rings is 3. The van der Waals surface area contributed by atoms with Gasteiger partial charge in [-0.1, -0.05) is 41.9 Å². The van der Waals surface area contributed by atoms with Gasteiger partial charge in [-0.2, -0.15) is 18.3 Å². The van der Waals surface area contributed by atoms with Gasteiger partial charge in [-0.3, -0.25) is 9.10 Å². The lowest BCUT2D eigenvalue weighted by atomic mass is 10.1. The van der Waals surface area contributed by atoms with Gasteiger partial charge in [0.05, 0.1) is 28.8 Å². The number of alkyl halides is 3. The summed E-state index contributed by atoms with van der Waals surface area (Å²) < 4.78 is 65.3. The second-order valence-corrected chi connectivity index (χ2v) is 9.56. The third-order valence-electron chi connectivity index (χ3n) is 4.76. The minimum Gasteiger partial charge on any atom is -0.273 e. The van der Waals surface area contributed by atoms with Crippen molar-refractivity contribution in [3.8, 4) is 0 Å². The van der Waals surface area contributed by atoms with Crippen LogP contribution in [0.3, 0.4) is 0 Å². The van der Waals surface area contributed by atoms with Gasteiger partial charge in [-0.15, -0.1) is 0 Å². The van der Waals surface area contributed by atoms with E-state index in [0.717, 1.165) is 16.4 Å². The van der Waals surface area contributed by atoms with Crippen molar-refractivity contribution in [1.82, 2.24) is 5.43 Å². The van der Waals surface area contributed by atoms with Gasteiger partial charge in [0.15, 0.2) is 0 Å². The molecule has 11 heteroatoms. The maximum atomic E-state index is 13.0. The minimum atomic E-state index is -4.57. The van der Waals surface area contributed by atoms with Crippen LogP contribution in [0.25, 0.3) is 0 Å². The van der Waals surface area contributed by atoms with Gasteiger partial charge in [0.1, 0.15) is 0 Å². The quantitative estimate of drug-likeness (QED) is 0.364. The van der Waals surface area contributed by atoms with E-state index in [1.54, 1.807) is 42.5 Å². The number of halogens is 4. The third kappa shape index (κ3) is 6.15. The molecule has 0 saturated carbocycles. The first-order valence-corrected chi connectivity index (χ1v) is 11.6. The molecule has 3 rings (SSSR count). The van der Waals surface area contributed by atoms with E-state index in [1.165, 1.54) is 19.3 Å². The number of nitrogens with one attached hydrogen (secondary N) is 1. The SMILES string of the molecule is CN(c1ccccc1C=NNC(=O)Cc1cccc(Cl)c1)S(=O)(=O)c1ccc(C(F)(F)F)cc1. The summed E-state index contributed by atoms with van der Waals surface area (Å²) in [5, 5.41) is 4.39. The Morgan fingerprint density at radius 3 is 2.38 bits per heavy atom. The van der Waals surface area contributed by atoms with Gasteiger partial charge >= 0.3 is 6.18 Å². The van der Waals surface area contributed by atoms with E-state index in [9.17, 15) is 26.4 Å². The molecule has 0 aromatic heterocycles. The highest BCUT2D eigenvalue weighted by molar-refractivity contribution is 7.92. The molecule has 1 amide bonds. The highest BCUT2D eigenvalue weighted by Crippen LogP contribution is 2.31. The lowest BCUT2D eigenvalue weighted by Crippen LogP contribution is -2.27. The molecule has 0 fully saturated rings. The van der Waals surface area contributed by atoms with Crippen molar-refractivity contribution in [2.24, 2.45) is 5.10 Å². The average molecular weight is 510 g/mol. The van der Waals surface area contributed by atoms with Crippen LogP contribution in [-0.4, -0.2) is 27.6 Å². The Labute approximate surface area is 199 Å². The summed E-state index contributed by atoms with van der Waals surface area (Å²) in [6.45, 7) is 0. The molecule has 0 spiro atoms. The number of para-hydroxylation sites is 1. The van der Waals surface area contributed by atoms with Crippen molar-refractivity contribution >= 4 is 39.4 Å². The van der Waals surface area contributed by atoms with Crippen LogP contribution in [0.5, 0.6) is 0 Å². The first-order valence-electron chi connectivity index (χ1n) is 9.80. The van der Waals surface area contributed by atoms with Crippen LogP contribution in [0.2, 0.25) is 5.02 Å². The zero-order valence-electron chi connectivity index (χ0n) is 17.8. The Kier molecular flexibility index (Phi) is 7.63. The highest BCUT2D eigenvalue weighted by atomic mass is 35.5. The van der Waals surface area contributed by atoms with Gasteiger partial charge in [0.2, 0.25) is 5.91 Å². The predicted molar refractivity (Wildman–Crippen MR) is 124 cm³/mol. The second-order valence-electron chi connectivity index (χ2n) is 7.15. The second kappa shape index (κ2) is 10.3. The summed E-state index contributed by atoms with van der Waals surface area (Å²) in [7, 11) is -2.88. The molecule has 6 nitrogen and oxygen atoms in total. The van der Waals surface area contributed by atoms with Crippen molar-refractivity contribution in [2.75, 3.05) is 11.4 Å². The van der Waals surface area contributed by atoms with E-state index in [2.05, 4.69) is 10.5 Å². The Hall–Kier alpha value is -3.37. The van der Waals surface area contributed by atoms with Gasteiger partial charge in [0.25, 0.3) is 10.0 Å². The van der Waals surface area contributed by atoms with Crippen LogP contribution in [0.15, 0.2) is 82.8 Å². The third-order valence-corrected chi connectivity index (χ3v) is 6.78. The van der Waals surface area contributed by atoms with Crippen LogP contribution < -0.4 is 9.73 Å². The Balaban J connectivity index is 1.76. The summed E-state index contributed by atoms with van der Waals surface area (Å²) in [6, 6.07) is 16.4. The van der Waals surface area contributed by atoms with Gasteiger partial charge in [0, 0.05) is 17.6 Å². The topological polar surface area (TPSA) is 78.8 Å². The van der Waals surface area contributed by atoms with Crippen LogP contribution >= 0.6 is 11.6 Å². The monoisotopic (exact) mass is 509 g/mol. The van der Waals surface area contributed by atoms with Crippen LogP contribution in [0.1, 0.15) is 16.7 Å². The molecule has 3 aromatic carbocycles. The number of carbonyl (C=O) groups is 1. The van der Waals surface area contributed by atoms with Gasteiger partial charge < -0.3 is 0 Å². The van der Waals surface area contributed by atoms with E-state index in [0.29, 0.717) is 28.3 Å². The highest BCUT2D eigenvalue weighted by Gasteiger charge is 2.31. The van der Waals surface area contributed by atoms with Crippen molar-refractivity contribution in [2.45, 2.75) is 17.5 Å². The number of nitrogens with zero attached hydrogens (tertiary/aromatic N) is 2. The number of hydrogen-bond acceptors (Lipinski definition) is 4. The summed E-state index contributed by atoms with van der Waals surface area (Å²) in [4.78, 5) is 11.8. The zero-order valence-corrected chi connectivity index (χ0v) is 19.3. The number of anilines is 1. The number of amides is 1. The molecule has 0 aliphatic carbocycles. The first-order chi connectivity index (χ1) is 16.0. The molecule has 0 bridgehead atoms. The van der Waals surface area contributed by atoms with Crippen molar-refractivity contribution < 1.29 is 26.4 Å². The Bertz CT molecular complexity index is 1310. The summed E-state index contributed by atoms with van der Waals surface area (Å²) in [5.74, 6) is -0.401. The van der Waals surface area contributed by atoms with E-state index in [-0.39, 0.29) is 17.0 Å². The van der Waals surface area contributed by atoms with Crippen LogP contribution in [-0.2, 0) is 27.4 Å². The lowest BCUT2D eigenvalue weighted by molar-refractivity contribution is -0.137. The first kappa shape index (κ1) is 25.3. The molecule has 3 aromatic rings. The molecular formula is C23H19ClF3N3O3S. The molecule has 1 N–H and O–H groups in total. The predicted octanol–water partition coefficient (Wildman–Crippen LogP) is 4.88. The summed E-state index contributed by atoms with van der Waals surface area (Å²) in [6.07, 6.45) is -3.25. The molecular weight excluding hydrogens is 491 g/mol. The molecule has 0 heterocycles. The smallest absolute Gasteiger partial charge is 0.273 e. The number of sulfonamides is 1. The van der Waals surface area contributed by atoms with Crippen LogP contribution in [0, 0.1) is 0 Å². The standard InChI is InChI=1S/C23H19ClF3N3O3S/c1-30(34(32,33)20-11-9-18(10-12-20)23(25,26)27)21-8-3-2-6-17(21)15-28-29-22(31)14-16-5-4-7-19(24)13-16/h2-13,15H,14H2,1H3,(H,29,31). The molecule has 0 unspecified atom stereocenters. The molecule has 0 saturated heterocycles. The summed E-state index contributed by atoms with van der Waals surface area (Å²) >= 11 is 5.90. The van der Waals surface area contributed by atoms with E-state index < -0.39 is 27.7 Å². The normalized spacial score (nSPS) is 12.0. The largest absolute Gasteiger partial charge is 0.416 e. The fourth-order valence-corrected chi connectivity index (χ4v) is 4.47. The van der Waals surface area contributed by atoms with Crippen molar-refractivity contribution in [3.05, 3.63) is 94.5 Å². The van der Waals surface area contributed by atoms with Crippen molar-refractivity contribution in [1.29, 1.82) is 0 Å². The van der Waals surface area contributed by atoms with Crippen LogP contribution in [0.4, 0.5) is 18.9 Å². The Morgan fingerprint density at radius 2 is 1.74 bits per heavy atom. The maximum absolute atomic E-state index is 13.0. The number of rotatable bonds is 7. The summed E-state index contributed by atoms with van der Waals surface area (Å²) in [5.41, 5.74) is 2.70. The average Bonchev–Trinajstić information content (AvgIpc) is 2.78. The fourth-order valence-electron chi connectivity index (χ4n) is 3.03. The maximum Gasteiger partial charge on any atom is 0.416 e. The van der Waals surface area contributed by atoms with E-state index in [4.69, 9.17) is 11.6 Å². The zero-order chi connectivity index (χ0) is 24.9. The van der Waals surface area contributed by atoms with Gasteiger partial charge in [-0.05, 0) is 48.0 Å². The number of hydrazone groups is 1. The van der Waals surface area contributed by atoms with Crippen molar-refractivity contribution in [3.63, 3.8) is 0 Å². The lowest BCUT2D eigenvalue weighted by Gasteiger charge is -2.21. The molecule has 0 aliphatic rings. The van der Waals surface area contributed by atoms with E-state index in [1.807, 2.05) is 0 Å². The molecule has 34 heavy (non-hydrogen) atoms. The molecule has 0 aliphatic heterocycles. The Morgan fingerprint density at radius 1 is 1.06 bits per heavy atom. The molecule has 178 valence electrons. The minimum absolute atomic E-state index is 0.0434. The van der Waals surface area contributed by atoms with Gasteiger partial charge in [-0.25, -0.2) is 13.8 Å². The number of hydrogen-bond donors (Lipinski definition) is 1.